The maximum absolute atomic E-state index is 13.1. The molecule has 0 aliphatic rings. The number of methoxy groups -OCH3 is 2. The molecule has 0 saturated carbocycles. The van der Waals surface area contributed by atoms with Crippen LogP contribution in [0.25, 0.3) is 11.3 Å². The molecule has 8 heteroatoms. The molecule has 2 aromatic rings. The minimum atomic E-state index is -0.314. The predicted octanol–water partition coefficient (Wildman–Crippen LogP) is 3.50. The van der Waals surface area contributed by atoms with Crippen LogP contribution in [0.15, 0.2) is 24.3 Å². The first kappa shape index (κ1) is 25.2. The molecule has 1 aromatic carbocycles. The van der Waals surface area contributed by atoms with E-state index in [1.54, 1.807) is 20.3 Å². The summed E-state index contributed by atoms with van der Waals surface area (Å²) in [7, 11) is 3.20. The van der Waals surface area contributed by atoms with Gasteiger partial charge in [0.15, 0.2) is 5.69 Å². The summed E-state index contributed by atoms with van der Waals surface area (Å²) in [6.07, 6.45) is 0.219. The fourth-order valence-electron chi connectivity index (χ4n) is 3.48. The Kier molecular flexibility index (Phi) is 9.11. The Hall–Kier alpha value is -3.03. The maximum Gasteiger partial charge on any atom is 0.272 e. The molecule has 2 N–H and O–H groups in total. The van der Waals surface area contributed by atoms with Crippen molar-refractivity contribution in [1.82, 2.24) is 20.4 Å². The Morgan fingerprint density at radius 1 is 1.09 bits per heavy atom. The fourth-order valence-corrected chi connectivity index (χ4v) is 3.48. The van der Waals surface area contributed by atoms with Gasteiger partial charge in [0.25, 0.3) is 5.91 Å². The van der Waals surface area contributed by atoms with Crippen LogP contribution < -0.4 is 20.1 Å². The van der Waals surface area contributed by atoms with Crippen molar-refractivity contribution < 1.29 is 19.1 Å². The van der Waals surface area contributed by atoms with E-state index in [0.717, 1.165) is 11.3 Å². The van der Waals surface area contributed by atoms with Crippen molar-refractivity contribution in [2.75, 3.05) is 20.8 Å². The molecule has 2 amide bonds. The number of hydrogen-bond acceptors (Lipinski definition) is 5. The average Bonchev–Trinajstić information content (AvgIpc) is 3.15. The number of nitrogens with zero attached hydrogens (tertiary/aromatic N) is 2. The highest BCUT2D eigenvalue weighted by atomic mass is 16.5. The SMILES string of the molecule is CCNC(=O)CC(NC(=O)c1cc(-c2c(OC)cccc2OC)n(CC(C)C)n1)C(C)C. The topological polar surface area (TPSA) is 94.5 Å². The lowest BCUT2D eigenvalue weighted by atomic mass is 10.00. The summed E-state index contributed by atoms with van der Waals surface area (Å²) in [4.78, 5) is 25.2. The lowest BCUT2D eigenvalue weighted by molar-refractivity contribution is -0.121. The van der Waals surface area contributed by atoms with Crippen LogP contribution >= 0.6 is 0 Å². The van der Waals surface area contributed by atoms with Gasteiger partial charge >= 0.3 is 0 Å². The third-order valence-electron chi connectivity index (χ3n) is 5.14. The van der Waals surface area contributed by atoms with E-state index < -0.39 is 0 Å². The maximum atomic E-state index is 13.1. The van der Waals surface area contributed by atoms with Crippen molar-refractivity contribution in [2.24, 2.45) is 11.8 Å². The zero-order valence-electron chi connectivity index (χ0n) is 20.2. The molecule has 0 spiro atoms. The number of carbonyl (C=O) groups excluding carboxylic acids is 2. The molecular weight excluding hydrogens is 408 g/mol. The van der Waals surface area contributed by atoms with Crippen LogP contribution in [0, 0.1) is 11.8 Å². The molecule has 2 rings (SSSR count). The molecule has 32 heavy (non-hydrogen) atoms. The van der Waals surface area contributed by atoms with Crippen molar-refractivity contribution in [3.05, 3.63) is 30.0 Å². The van der Waals surface area contributed by atoms with Crippen LogP contribution in [0.3, 0.4) is 0 Å². The minimum absolute atomic E-state index is 0.0868. The number of rotatable bonds is 11. The molecule has 1 aromatic heterocycles. The van der Waals surface area contributed by atoms with Crippen molar-refractivity contribution >= 4 is 11.8 Å². The number of amides is 2. The molecule has 0 aliphatic heterocycles. The molecule has 1 heterocycles. The standard InChI is InChI=1S/C24H36N4O4/c1-8-25-22(29)13-17(16(4)5)26-24(30)18-12-19(28(27-18)14-15(2)3)23-20(31-6)10-9-11-21(23)32-7/h9-12,15-17H,8,13-14H2,1-7H3,(H,25,29)(H,26,30). The van der Waals surface area contributed by atoms with Gasteiger partial charge in [-0.05, 0) is 37.0 Å². The van der Waals surface area contributed by atoms with Crippen LogP contribution in [0.4, 0.5) is 0 Å². The van der Waals surface area contributed by atoms with E-state index in [4.69, 9.17) is 9.47 Å². The highest BCUT2D eigenvalue weighted by Crippen LogP contribution is 2.38. The normalized spacial score (nSPS) is 12.0. The molecule has 0 saturated heterocycles. The molecular formula is C24H36N4O4. The van der Waals surface area contributed by atoms with Crippen LogP contribution in [-0.2, 0) is 11.3 Å². The van der Waals surface area contributed by atoms with E-state index in [1.165, 1.54) is 0 Å². The monoisotopic (exact) mass is 444 g/mol. The first-order chi connectivity index (χ1) is 15.2. The van der Waals surface area contributed by atoms with Crippen molar-refractivity contribution in [1.29, 1.82) is 0 Å². The van der Waals surface area contributed by atoms with E-state index in [2.05, 4.69) is 29.6 Å². The van der Waals surface area contributed by atoms with Gasteiger partial charge in [-0.3, -0.25) is 14.3 Å². The van der Waals surface area contributed by atoms with Gasteiger partial charge in [0.05, 0.1) is 25.5 Å². The van der Waals surface area contributed by atoms with Gasteiger partial charge in [0.2, 0.25) is 5.91 Å². The molecule has 1 unspecified atom stereocenters. The van der Waals surface area contributed by atoms with Gasteiger partial charge in [-0.25, -0.2) is 0 Å². The Labute approximate surface area is 190 Å². The minimum Gasteiger partial charge on any atom is -0.496 e. The number of aromatic nitrogens is 2. The summed E-state index contributed by atoms with van der Waals surface area (Å²) < 4.78 is 13.0. The highest BCUT2D eigenvalue weighted by molar-refractivity contribution is 5.94. The first-order valence-corrected chi connectivity index (χ1v) is 11.1. The number of ether oxygens (including phenoxy) is 2. The Morgan fingerprint density at radius 2 is 1.72 bits per heavy atom. The Morgan fingerprint density at radius 3 is 2.22 bits per heavy atom. The second-order valence-corrected chi connectivity index (χ2v) is 8.51. The summed E-state index contributed by atoms with van der Waals surface area (Å²) in [5, 5.41) is 10.4. The van der Waals surface area contributed by atoms with Gasteiger partial charge in [0.1, 0.15) is 11.5 Å². The smallest absolute Gasteiger partial charge is 0.272 e. The second kappa shape index (κ2) is 11.5. The quantitative estimate of drug-likeness (QED) is 0.553. The Bertz CT molecular complexity index is 898. The van der Waals surface area contributed by atoms with Crippen LogP contribution in [0.1, 0.15) is 51.5 Å². The molecule has 176 valence electrons. The lowest BCUT2D eigenvalue weighted by Gasteiger charge is -2.21. The summed E-state index contributed by atoms with van der Waals surface area (Å²) in [5.41, 5.74) is 1.77. The van der Waals surface area contributed by atoms with Crippen molar-refractivity contribution in [2.45, 2.75) is 53.6 Å². The zero-order chi connectivity index (χ0) is 23.8. The molecule has 0 fully saturated rings. The average molecular weight is 445 g/mol. The molecule has 0 bridgehead atoms. The fraction of sp³-hybridized carbons (Fsp3) is 0.542. The van der Waals surface area contributed by atoms with Gasteiger partial charge in [0, 0.05) is 25.6 Å². The summed E-state index contributed by atoms with van der Waals surface area (Å²) in [6, 6.07) is 7.01. The number of benzene rings is 1. The van der Waals surface area contributed by atoms with Crippen LogP contribution in [0.2, 0.25) is 0 Å². The number of carbonyl (C=O) groups is 2. The summed E-state index contributed by atoms with van der Waals surface area (Å²) in [5.74, 6) is 1.27. The summed E-state index contributed by atoms with van der Waals surface area (Å²) in [6.45, 7) is 11.2. The number of nitrogens with one attached hydrogen (secondary N) is 2. The third-order valence-corrected chi connectivity index (χ3v) is 5.14. The molecule has 1 atom stereocenters. The van der Waals surface area contributed by atoms with E-state index in [1.807, 2.05) is 43.7 Å². The highest BCUT2D eigenvalue weighted by Gasteiger charge is 2.25. The van der Waals surface area contributed by atoms with Gasteiger partial charge in [-0.1, -0.05) is 33.8 Å². The third kappa shape index (κ3) is 6.24. The van der Waals surface area contributed by atoms with Crippen molar-refractivity contribution in [3.8, 4) is 22.8 Å². The number of hydrogen-bond donors (Lipinski definition) is 2. The summed E-state index contributed by atoms with van der Waals surface area (Å²) >= 11 is 0. The lowest BCUT2D eigenvalue weighted by Crippen LogP contribution is -2.42. The zero-order valence-corrected chi connectivity index (χ0v) is 20.2. The van der Waals surface area contributed by atoms with E-state index in [9.17, 15) is 9.59 Å². The van der Waals surface area contributed by atoms with Crippen LogP contribution in [-0.4, -0.2) is 48.4 Å². The van der Waals surface area contributed by atoms with Gasteiger partial charge < -0.3 is 20.1 Å². The largest absolute Gasteiger partial charge is 0.496 e. The van der Waals surface area contributed by atoms with Gasteiger partial charge in [-0.2, -0.15) is 5.10 Å². The van der Waals surface area contributed by atoms with E-state index in [0.29, 0.717) is 30.5 Å². The van der Waals surface area contributed by atoms with Gasteiger partial charge in [-0.15, -0.1) is 0 Å². The van der Waals surface area contributed by atoms with E-state index >= 15 is 0 Å². The Balaban J connectivity index is 2.43. The van der Waals surface area contributed by atoms with Crippen LogP contribution in [0.5, 0.6) is 11.5 Å². The molecule has 8 nitrogen and oxygen atoms in total. The molecule has 0 aliphatic carbocycles. The first-order valence-electron chi connectivity index (χ1n) is 11.1. The van der Waals surface area contributed by atoms with E-state index in [-0.39, 0.29) is 35.9 Å². The second-order valence-electron chi connectivity index (χ2n) is 8.51. The molecule has 0 radical (unpaired) electrons. The van der Waals surface area contributed by atoms with Crippen molar-refractivity contribution in [3.63, 3.8) is 0 Å². The predicted molar refractivity (Wildman–Crippen MR) is 125 cm³/mol.